The average Bonchev–Trinajstić information content (AvgIpc) is 2.69. The summed E-state index contributed by atoms with van der Waals surface area (Å²) in [6.45, 7) is 0. The van der Waals surface area contributed by atoms with Crippen LogP contribution in [0.2, 0.25) is 0 Å². The third-order valence-electron chi connectivity index (χ3n) is 3.62. The summed E-state index contributed by atoms with van der Waals surface area (Å²) in [5, 5.41) is 33.8. The highest BCUT2D eigenvalue weighted by Crippen LogP contribution is 2.41. The number of nitrogens with one attached hydrogen (secondary N) is 1. The van der Waals surface area contributed by atoms with Crippen molar-refractivity contribution in [3.05, 3.63) is 33.4 Å². The van der Waals surface area contributed by atoms with E-state index in [1.165, 1.54) is 39.5 Å². The second-order valence-corrected chi connectivity index (χ2v) is 8.11. The van der Waals surface area contributed by atoms with E-state index < -0.39 is 15.8 Å². The van der Waals surface area contributed by atoms with E-state index in [1.54, 1.807) is 22.6 Å². The zero-order valence-corrected chi connectivity index (χ0v) is 18.4. The highest BCUT2D eigenvalue weighted by Gasteiger charge is 2.25. The van der Waals surface area contributed by atoms with Gasteiger partial charge in [-0.3, -0.25) is 10.4 Å². The quantitative estimate of drug-likeness (QED) is 0.256. The van der Waals surface area contributed by atoms with Crippen molar-refractivity contribution in [2.24, 2.45) is 5.10 Å². The van der Waals surface area contributed by atoms with Gasteiger partial charge >= 0.3 is 0 Å². The average molecular weight is 538 g/mol. The molecule has 2 aromatic carbocycles. The third-order valence-corrected chi connectivity index (χ3v) is 5.67. The van der Waals surface area contributed by atoms with Crippen LogP contribution in [0.4, 0.5) is 5.69 Å². The molecule has 11 nitrogen and oxygen atoms in total. The van der Waals surface area contributed by atoms with Crippen molar-refractivity contribution in [1.82, 2.24) is 4.83 Å². The fourth-order valence-corrected chi connectivity index (χ4v) is 3.90. The van der Waals surface area contributed by atoms with E-state index in [1.807, 2.05) is 4.83 Å². The molecule has 29 heavy (non-hydrogen) atoms. The van der Waals surface area contributed by atoms with Crippen LogP contribution in [0.25, 0.3) is 0 Å². The maximum absolute atomic E-state index is 12.6. The third kappa shape index (κ3) is 4.92. The van der Waals surface area contributed by atoms with Crippen LogP contribution >= 0.6 is 22.6 Å². The Morgan fingerprint density at radius 1 is 1.14 bits per heavy atom. The van der Waals surface area contributed by atoms with Gasteiger partial charge in [-0.2, -0.15) is 18.4 Å². The SMILES string of the molecule is COc1ccc(S(=O)(=O)N/N=C\c2cc(N(O)O)cc(I)c2[O-])c(OC)c1OC. The Balaban J connectivity index is 2.39. The fourth-order valence-electron chi connectivity index (χ4n) is 2.31. The van der Waals surface area contributed by atoms with Gasteiger partial charge in [-0.15, -0.1) is 5.23 Å². The van der Waals surface area contributed by atoms with Crippen molar-refractivity contribution in [3.63, 3.8) is 0 Å². The van der Waals surface area contributed by atoms with Crippen LogP contribution in [0.3, 0.4) is 0 Å². The van der Waals surface area contributed by atoms with Crippen molar-refractivity contribution in [1.29, 1.82) is 0 Å². The molecule has 0 saturated carbocycles. The van der Waals surface area contributed by atoms with E-state index >= 15 is 0 Å². The predicted molar refractivity (Wildman–Crippen MR) is 109 cm³/mol. The summed E-state index contributed by atoms with van der Waals surface area (Å²) in [7, 11) is -0.207. The number of benzene rings is 2. The lowest BCUT2D eigenvalue weighted by atomic mass is 10.2. The summed E-state index contributed by atoms with van der Waals surface area (Å²) in [5.74, 6) is -0.210. The summed E-state index contributed by atoms with van der Waals surface area (Å²) >= 11 is 1.71. The van der Waals surface area contributed by atoms with Crippen molar-refractivity contribution in [3.8, 4) is 23.0 Å². The van der Waals surface area contributed by atoms with Crippen LogP contribution in [0.1, 0.15) is 5.56 Å². The number of rotatable bonds is 8. The van der Waals surface area contributed by atoms with E-state index in [-0.39, 0.29) is 42.2 Å². The standard InChI is InChI=1S/C16H18IN3O8S/c1-26-12-4-5-13(16(28-3)15(12)27-2)29(24,25)19-18-8-9-6-10(20(22)23)7-11(17)14(9)21/h4-8,19,21-23H,1-3H3/p-1/b18-8-. The molecule has 0 bridgehead atoms. The van der Waals surface area contributed by atoms with Gasteiger partial charge in [0.25, 0.3) is 10.0 Å². The minimum Gasteiger partial charge on any atom is -0.871 e. The van der Waals surface area contributed by atoms with Crippen LogP contribution in [0, 0.1) is 3.57 Å². The van der Waals surface area contributed by atoms with Crippen molar-refractivity contribution >= 4 is 44.5 Å². The minimum absolute atomic E-state index is 0.0676. The molecule has 158 valence electrons. The van der Waals surface area contributed by atoms with Crippen molar-refractivity contribution in [2.75, 3.05) is 26.6 Å². The second kappa shape index (κ2) is 9.34. The van der Waals surface area contributed by atoms with E-state index in [9.17, 15) is 13.5 Å². The van der Waals surface area contributed by atoms with Gasteiger partial charge in [0.1, 0.15) is 4.90 Å². The lowest BCUT2D eigenvalue weighted by Crippen LogP contribution is -2.20. The molecule has 0 fully saturated rings. The van der Waals surface area contributed by atoms with Gasteiger partial charge in [-0.1, -0.05) is 5.75 Å². The second-order valence-electron chi connectivity index (χ2n) is 5.32. The molecule has 3 N–H and O–H groups in total. The topological polar surface area (TPSA) is 153 Å². The monoisotopic (exact) mass is 538 g/mol. The zero-order chi connectivity index (χ0) is 21.8. The van der Waals surface area contributed by atoms with E-state index in [4.69, 9.17) is 24.6 Å². The zero-order valence-electron chi connectivity index (χ0n) is 15.4. The normalized spacial score (nSPS) is 11.4. The van der Waals surface area contributed by atoms with Gasteiger partial charge in [-0.05, 0) is 52.4 Å². The van der Waals surface area contributed by atoms with E-state index in [0.717, 1.165) is 12.3 Å². The first-order valence-corrected chi connectivity index (χ1v) is 10.2. The van der Waals surface area contributed by atoms with E-state index in [0.29, 0.717) is 0 Å². The molecule has 0 aliphatic rings. The summed E-state index contributed by atoms with van der Waals surface area (Å²) < 4.78 is 40.9. The van der Waals surface area contributed by atoms with Crippen LogP contribution in [-0.4, -0.2) is 46.4 Å². The molecule has 0 unspecified atom stereocenters. The molecule has 0 saturated heterocycles. The molecule has 0 aliphatic heterocycles. The molecule has 0 aliphatic carbocycles. The highest BCUT2D eigenvalue weighted by molar-refractivity contribution is 14.1. The van der Waals surface area contributed by atoms with Gasteiger partial charge < -0.3 is 19.3 Å². The smallest absolute Gasteiger partial charge is 0.280 e. The first-order chi connectivity index (χ1) is 13.7. The summed E-state index contributed by atoms with van der Waals surface area (Å²) in [4.78, 5) is 1.70. The number of halogens is 1. The molecule has 0 amide bonds. The Kier molecular flexibility index (Phi) is 7.34. The lowest BCUT2D eigenvalue weighted by molar-refractivity contribution is -0.269. The number of methoxy groups -OCH3 is 3. The molecule has 2 rings (SSSR count). The Bertz CT molecular complexity index is 1030. The molecule has 0 aromatic heterocycles. The van der Waals surface area contributed by atoms with Gasteiger partial charge in [0, 0.05) is 3.57 Å². The number of sulfonamides is 1. The van der Waals surface area contributed by atoms with Gasteiger partial charge in [-0.25, -0.2) is 0 Å². The molecule has 0 radical (unpaired) electrons. The first kappa shape index (κ1) is 22.8. The Morgan fingerprint density at radius 2 is 1.79 bits per heavy atom. The van der Waals surface area contributed by atoms with Crippen LogP contribution in [0.15, 0.2) is 34.3 Å². The number of anilines is 1. The molecule has 13 heteroatoms. The van der Waals surface area contributed by atoms with Gasteiger partial charge in [0.15, 0.2) is 11.5 Å². The molecular formula is C16H17IN3O8S-. The predicted octanol–water partition coefficient (Wildman–Crippen LogP) is 1.29. The van der Waals surface area contributed by atoms with Crippen molar-refractivity contribution in [2.45, 2.75) is 4.90 Å². The number of hydrogen-bond donors (Lipinski definition) is 3. The van der Waals surface area contributed by atoms with Crippen LogP contribution in [0.5, 0.6) is 23.0 Å². The van der Waals surface area contributed by atoms with Gasteiger partial charge in [0.2, 0.25) is 5.75 Å². The molecule has 0 atom stereocenters. The van der Waals surface area contributed by atoms with Crippen LogP contribution < -0.4 is 29.4 Å². The largest absolute Gasteiger partial charge is 0.871 e. The number of ether oxygens (including phenoxy) is 3. The lowest BCUT2D eigenvalue weighted by Gasteiger charge is -2.17. The summed E-state index contributed by atoms with van der Waals surface area (Å²) in [5.41, 5.74) is -0.165. The van der Waals surface area contributed by atoms with Crippen LogP contribution in [-0.2, 0) is 10.0 Å². The summed E-state index contributed by atoms with van der Waals surface area (Å²) in [6, 6.07) is 4.99. The molecule has 0 spiro atoms. The number of hydrogen-bond acceptors (Lipinski definition) is 10. The molecule has 2 aromatic rings. The van der Waals surface area contributed by atoms with E-state index in [2.05, 4.69) is 5.10 Å². The number of nitrogens with zero attached hydrogens (tertiary/aromatic N) is 2. The highest BCUT2D eigenvalue weighted by atomic mass is 127. The van der Waals surface area contributed by atoms with Crippen molar-refractivity contribution < 1.29 is 38.1 Å². The fraction of sp³-hybridized carbons (Fsp3) is 0.188. The Morgan fingerprint density at radius 3 is 2.34 bits per heavy atom. The molecular weight excluding hydrogens is 521 g/mol. The Labute approximate surface area is 180 Å². The Hall–Kier alpha value is -2.49. The first-order valence-electron chi connectivity index (χ1n) is 7.68. The number of hydrazone groups is 1. The molecule has 0 heterocycles. The minimum atomic E-state index is -4.20. The van der Waals surface area contributed by atoms with Gasteiger partial charge in [0.05, 0.1) is 33.2 Å². The summed E-state index contributed by atoms with van der Waals surface area (Å²) in [6.07, 6.45) is 0.947. The maximum atomic E-state index is 12.6. The maximum Gasteiger partial charge on any atom is 0.280 e.